The van der Waals surface area contributed by atoms with Crippen LogP contribution in [0.3, 0.4) is 0 Å². The van der Waals surface area contributed by atoms with Gasteiger partial charge in [-0.25, -0.2) is 0 Å². The van der Waals surface area contributed by atoms with Crippen molar-refractivity contribution in [1.29, 1.82) is 0 Å². The van der Waals surface area contributed by atoms with Crippen molar-refractivity contribution in [3.8, 4) is 0 Å². The molecule has 0 radical (unpaired) electrons. The molecule has 0 aliphatic rings. The standard InChI is InChI=1S/C13H16N5S/c1-4-18(5-2)12-8-6-11(7-9-12)15-16-13-17(3)14-10-19-13/h4,6-10H,1,5H2,2-3H3/q+1. The zero-order chi connectivity index (χ0) is 13.7. The molecule has 1 aromatic carbocycles. The summed E-state index contributed by atoms with van der Waals surface area (Å²) in [7, 11) is 1.84. The largest absolute Gasteiger partial charge is 0.429 e. The topological polar surface area (TPSA) is 44.7 Å². The van der Waals surface area contributed by atoms with Gasteiger partial charge in [-0.05, 0) is 53.8 Å². The van der Waals surface area contributed by atoms with Gasteiger partial charge in [0.15, 0.2) is 0 Å². The van der Waals surface area contributed by atoms with Crippen LogP contribution >= 0.6 is 11.3 Å². The number of anilines is 1. The first-order chi connectivity index (χ1) is 9.24. The van der Waals surface area contributed by atoms with E-state index in [-0.39, 0.29) is 0 Å². The summed E-state index contributed by atoms with van der Waals surface area (Å²) in [5.41, 5.74) is 3.65. The Morgan fingerprint density at radius 3 is 2.63 bits per heavy atom. The van der Waals surface area contributed by atoms with Gasteiger partial charge in [0.1, 0.15) is 18.2 Å². The van der Waals surface area contributed by atoms with Crippen molar-refractivity contribution in [2.45, 2.75) is 6.92 Å². The lowest BCUT2D eigenvalue weighted by molar-refractivity contribution is -0.713. The monoisotopic (exact) mass is 274 g/mol. The second-order valence-electron chi connectivity index (χ2n) is 3.83. The Morgan fingerprint density at radius 1 is 1.37 bits per heavy atom. The van der Waals surface area contributed by atoms with Gasteiger partial charge in [-0.2, -0.15) is 0 Å². The molecule has 0 unspecified atom stereocenters. The fourth-order valence-electron chi connectivity index (χ4n) is 1.58. The molecule has 1 aromatic heterocycles. The zero-order valence-corrected chi connectivity index (χ0v) is 11.8. The minimum absolute atomic E-state index is 0.769. The first kappa shape index (κ1) is 13.4. The van der Waals surface area contributed by atoms with Crippen LogP contribution in [-0.4, -0.2) is 11.6 Å². The molecule has 0 N–H and O–H groups in total. The van der Waals surface area contributed by atoms with E-state index in [1.807, 2.05) is 37.5 Å². The van der Waals surface area contributed by atoms with E-state index in [1.165, 1.54) is 11.3 Å². The molecule has 0 saturated carbocycles. The molecule has 6 heteroatoms. The van der Waals surface area contributed by atoms with E-state index in [0.29, 0.717) is 0 Å². The molecule has 2 rings (SSSR count). The van der Waals surface area contributed by atoms with Crippen LogP contribution in [-0.2, 0) is 7.05 Å². The normalized spacial score (nSPS) is 10.8. The minimum atomic E-state index is 0.769. The van der Waals surface area contributed by atoms with Crippen LogP contribution in [0.15, 0.2) is 52.8 Å². The van der Waals surface area contributed by atoms with Gasteiger partial charge >= 0.3 is 5.13 Å². The van der Waals surface area contributed by atoms with E-state index >= 15 is 0 Å². The zero-order valence-electron chi connectivity index (χ0n) is 11.0. The summed E-state index contributed by atoms with van der Waals surface area (Å²) >= 11 is 1.45. The lowest BCUT2D eigenvalue weighted by Crippen LogP contribution is -2.28. The predicted molar refractivity (Wildman–Crippen MR) is 77.1 cm³/mol. The second-order valence-corrected chi connectivity index (χ2v) is 4.64. The Balaban J connectivity index is 2.13. The maximum absolute atomic E-state index is 4.19. The van der Waals surface area contributed by atoms with E-state index < -0.39 is 0 Å². The van der Waals surface area contributed by atoms with Gasteiger partial charge in [0.25, 0.3) is 0 Å². The predicted octanol–water partition coefficient (Wildman–Crippen LogP) is 3.35. The molecule has 0 atom stereocenters. The fraction of sp³-hybridized carbons (Fsp3) is 0.231. The summed E-state index contributed by atoms with van der Waals surface area (Å²) < 4.78 is 1.69. The Morgan fingerprint density at radius 2 is 2.11 bits per heavy atom. The number of aryl methyl sites for hydroxylation is 1. The Kier molecular flexibility index (Phi) is 4.35. The van der Waals surface area contributed by atoms with Crippen LogP contribution in [0.2, 0.25) is 0 Å². The fourth-order valence-corrected chi connectivity index (χ4v) is 2.15. The van der Waals surface area contributed by atoms with Gasteiger partial charge in [0.05, 0.1) is 5.11 Å². The van der Waals surface area contributed by atoms with Crippen LogP contribution in [0.4, 0.5) is 16.5 Å². The van der Waals surface area contributed by atoms with E-state index in [9.17, 15) is 0 Å². The lowest BCUT2D eigenvalue weighted by Gasteiger charge is -2.17. The molecule has 0 amide bonds. The van der Waals surface area contributed by atoms with Crippen molar-refractivity contribution in [3.05, 3.63) is 42.6 Å². The number of aromatic nitrogens is 2. The Labute approximate surface area is 116 Å². The number of nitrogens with zero attached hydrogens (tertiary/aromatic N) is 5. The van der Waals surface area contributed by atoms with Gasteiger partial charge in [-0.15, -0.1) is 4.68 Å². The SMILES string of the molecule is C=CN(CC)c1ccc(N=Nc2scn[n+]2C)cc1. The molecular weight excluding hydrogens is 258 g/mol. The smallest absolute Gasteiger partial charge is 0.349 e. The van der Waals surface area contributed by atoms with Crippen LogP contribution in [0.5, 0.6) is 0 Å². The number of benzene rings is 1. The van der Waals surface area contributed by atoms with E-state index in [4.69, 9.17) is 0 Å². The summed E-state index contributed by atoms with van der Waals surface area (Å²) in [5, 5.41) is 13.2. The highest BCUT2D eigenvalue weighted by Gasteiger charge is 2.08. The third-order valence-electron chi connectivity index (χ3n) is 2.65. The number of rotatable bonds is 5. The van der Waals surface area contributed by atoms with Gasteiger partial charge in [0, 0.05) is 12.2 Å². The average molecular weight is 274 g/mol. The molecule has 19 heavy (non-hydrogen) atoms. The highest BCUT2D eigenvalue weighted by atomic mass is 32.1. The summed E-state index contributed by atoms with van der Waals surface area (Å²) in [4.78, 5) is 2.06. The minimum Gasteiger partial charge on any atom is -0.349 e. The van der Waals surface area contributed by atoms with E-state index in [2.05, 4.69) is 33.7 Å². The van der Waals surface area contributed by atoms with Crippen LogP contribution in [0.1, 0.15) is 6.92 Å². The van der Waals surface area contributed by atoms with Gasteiger partial charge in [0.2, 0.25) is 0 Å². The van der Waals surface area contributed by atoms with Crippen molar-refractivity contribution in [1.82, 2.24) is 5.10 Å². The van der Waals surface area contributed by atoms with Crippen molar-refractivity contribution < 1.29 is 4.68 Å². The number of hydrogen-bond donors (Lipinski definition) is 0. The maximum Gasteiger partial charge on any atom is 0.429 e. The first-order valence-corrected chi connectivity index (χ1v) is 6.83. The van der Waals surface area contributed by atoms with Crippen LogP contribution in [0.25, 0.3) is 0 Å². The highest BCUT2D eigenvalue weighted by Crippen LogP contribution is 2.22. The molecule has 1 heterocycles. The van der Waals surface area contributed by atoms with Crippen molar-refractivity contribution >= 4 is 27.8 Å². The van der Waals surface area contributed by atoms with E-state index in [1.54, 1.807) is 10.2 Å². The molecule has 0 spiro atoms. The van der Waals surface area contributed by atoms with E-state index in [0.717, 1.165) is 23.1 Å². The number of azo groups is 1. The van der Waals surface area contributed by atoms with Gasteiger partial charge < -0.3 is 4.90 Å². The molecule has 0 bridgehead atoms. The first-order valence-electron chi connectivity index (χ1n) is 5.95. The average Bonchev–Trinajstić information content (AvgIpc) is 2.85. The molecule has 98 valence electrons. The molecular formula is C13H16N5S+. The molecule has 2 aromatic rings. The molecule has 0 aliphatic heterocycles. The van der Waals surface area contributed by atoms with Gasteiger partial charge in [-0.3, -0.25) is 0 Å². The maximum atomic E-state index is 4.19. The van der Waals surface area contributed by atoms with Crippen molar-refractivity contribution in [2.75, 3.05) is 11.4 Å². The summed E-state index contributed by atoms with van der Waals surface area (Å²) in [5.74, 6) is 0. The molecule has 5 nitrogen and oxygen atoms in total. The Bertz CT molecular complexity index is 573. The summed E-state index contributed by atoms with van der Waals surface area (Å²) in [6, 6.07) is 7.89. The second kappa shape index (κ2) is 6.19. The van der Waals surface area contributed by atoms with Crippen LogP contribution in [0, 0.1) is 0 Å². The van der Waals surface area contributed by atoms with Crippen molar-refractivity contribution in [2.24, 2.45) is 17.3 Å². The highest BCUT2D eigenvalue weighted by molar-refractivity contribution is 7.12. The molecule has 0 saturated heterocycles. The molecule has 0 aliphatic carbocycles. The third-order valence-corrected chi connectivity index (χ3v) is 3.41. The summed E-state index contributed by atoms with van der Waals surface area (Å²) in [6.45, 7) is 6.76. The Hall–Kier alpha value is -2.08. The quantitative estimate of drug-likeness (QED) is 0.620. The lowest BCUT2D eigenvalue weighted by atomic mass is 10.2. The van der Waals surface area contributed by atoms with Gasteiger partial charge in [-0.1, -0.05) is 11.7 Å². The molecule has 0 fully saturated rings. The number of hydrogen-bond acceptors (Lipinski definition) is 5. The van der Waals surface area contributed by atoms with Crippen LogP contribution < -0.4 is 9.58 Å². The summed E-state index contributed by atoms with van der Waals surface area (Å²) in [6.07, 6.45) is 1.81. The third kappa shape index (κ3) is 3.23. The van der Waals surface area contributed by atoms with Crippen molar-refractivity contribution in [3.63, 3.8) is 0 Å².